The number of nitrogens with two attached hydrogens (primary N) is 1. The van der Waals surface area contributed by atoms with E-state index in [9.17, 15) is 13.2 Å². The second kappa shape index (κ2) is 5.41. The normalized spacial score (nSPS) is 21.6. The molecule has 0 radical (unpaired) electrons. The monoisotopic (exact) mass is 272 g/mol. The number of nitrogens with zero attached hydrogens (tertiary/aromatic N) is 1. The zero-order valence-electron chi connectivity index (χ0n) is 11.0. The smallest absolute Gasteiger partial charge is 0.399 e. The van der Waals surface area contributed by atoms with Crippen LogP contribution in [0.5, 0.6) is 0 Å². The molecule has 1 atom stereocenters. The van der Waals surface area contributed by atoms with Crippen LogP contribution in [-0.4, -0.2) is 25.0 Å². The Morgan fingerprint density at radius 2 is 2.11 bits per heavy atom. The second-order valence-electron chi connectivity index (χ2n) is 5.39. The van der Waals surface area contributed by atoms with E-state index in [2.05, 4.69) is 4.90 Å². The molecule has 1 saturated heterocycles. The van der Waals surface area contributed by atoms with Crippen molar-refractivity contribution >= 4 is 5.69 Å². The highest BCUT2D eigenvalue weighted by Crippen LogP contribution is 2.32. The van der Waals surface area contributed by atoms with E-state index in [0.717, 1.165) is 32.0 Å². The van der Waals surface area contributed by atoms with E-state index in [1.807, 2.05) is 7.05 Å². The van der Waals surface area contributed by atoms with Gasteiger partial charge in [-0.3, -0.25) is 0 Å². The summed E-state index contributed by atoms with van der Waals surface area (Å²) in [4.78, 5) is 2.22. The van der Waals surface area contributed by atoms with Gasteiger partial charge < -0.3 is 10.6 Å². The summed E-state index contributed by atoms with van der Waals surface area (Å²) in [6, 6.07) is 3.61. The number of hydrogen-bond acceptors (Lipinski definition) is 2. The van der Waals surface area contributed by atoms with E-state index in [1.54, 1.807) is 0 Å². The standard InChI is InChI=1S/C14H19F3N2/c1-19-6-2-3-10(9-19)7-11-8-12(14(15,16)17)4-5-13(11)18/h4-5,8,10H,2-3,6-7,9,18H2,1H3. The predicted molar refractivity (Wildman–Crippen MR) is 69.8 cm³/mol. The highest BCUT2D eigenvalue weighted by molar-refractivity contribution is 5.49. The number of hydrogen-bond donors (Lipinski definition) is 1. The molecule has 1 aliphatic heterocycles. The number of likely N-dealkylation sites (tertiary alicyclic amines) is 1. The summed E-state index contributed by atoms with van der Waals surface area (Å²) in [7, 11) is 2.04. The molecule has 1 fully saturated rings. The minimum Gasteiger partial charge on any atom is -0.399 e. The molecule has 19 heavy (non-hydrogen) atoms. The lowest BCUT2D eigenvalue weighted by Crippen LogP contribution is -2.33. The number of rotatable bonds is 2. The van der Waals surface area contributed by atoms with Crippen molar-refractivity contribution in [2.75, 3.05) is 25.9 Å². The van der Waals surface area contributed by atoms with Crippen molar-refractivity contribution in [3.63, 3.8) is 0 Å². The summed E-state index contributed by atoms with van der Waals surface area (Å²) >= 11 is 0. The first-order valence-electron chi connectivity index (χ1n) is 6.50. The molecule has 0 spiro atoms. The number of anilines is 1. The van der Waals surface area contributed by atoms with E-state index < -0.39 is 11.7 Å². The van der Waals surface area contributed by atoms with Gasteiger partial charge in [-0.25, -0.2) is 0 Å². The van der Waals surface area contributed by atoms with Crippen LogP contribution in [0.1, 0.15) is 24.0 Å². The average molecular weight is 272 g/mol. The number of alkyl halides is 3. The highest BCUT2D eigenvalue weighted by Gasteiger charge is 2.31. The lowest BCUT2D eigenvalue weighted by atomic mass is 9.90. The highest BCUT2D eigenvalue weighted by atomic mass is 19.4. The fraction of sp³-hybridized carbons (Fsp3) is 0.571. The van der Waals surface area contributed by atoms with Crippen molar-refractivity contribution in [2.45, 2.75) is 25.4 Å². The minimum atomic E-state index is -4.30. The fourth-order valence-corrected chi connectivity index (χ4v) is 2.71. The molecule has 1 aromatic carbocycles. The van der Waals surface area contributed by atoms with E-state index in [1.165, 1.54) is 12.1 Å². The van der Waals surface area contributed by atoms with Crippen LogP contribution >= 0.6 is 0 Å². The molecule has 0 saturated carbocycles. The van der Waals surface area contributed by atoms with Gasteiger partial charge in [-0.05, 0) is 62.5 Å². The Morgan fingerprint density at radius 1 is 1.37 bits per heavy atom. The third kappa shape index (κ3) is 3.62. The third-order valence-corrected chi connectivity index (χ3v) is 3.70. The Hall–Kier alpha value is -1.23. The maximum absolute atomic E-state index is 12.7. The maximum atomic E-state index is 12.7. The molecule has 1 unspecified atom stereocenters. The summed E-state index contributed by atoms with van der Waals surface area (Å²) in [5, 5.41) is 0. The Morgan fingerprint density at radius 3 is 2.74 bits per heavy atom. The predicted octanol–water partition coefficient (Wildman–Crippen LogP) is 3.17. The first kappa shape index (κ1) is 14.2. The molecule has 5 heteroatoms. The summed E-state index contributed by atoms with van der Waals surface area (Å²) in [6.45, 7) is 1.99. The van der Waals surface area contributed by atoms with Crippen LogP contribution in [0.15, 0.2) is 18.2 Å². The third-order valence-electron chi connectivity index (χ3n) is 3.70. The molecule has 0 amide bonds. The number of piperidine rings is 1. The molecule has 106 valence electrons. The van der Waals surface area contributed by atoms with Crippen LogP contribution < -0.4 is 5.73 Å². The van der Waals surface area contributed by atoms with Crippen molar-refractivity contribution in [1.29, 1.82) is 0 Å². The van der Waals surface area contributed by atoms with Crippen LogP contribution in [0.4, 0.5) is 18.9 Å². The van der Waals surface area contributed by atoms with Crippen molar-refractivity contribution in [3.05, 3.63) is 29.3 Å². The van der Waals surface area contributed by atoms with Crippen LogP contribution in [0.2, 0.25) is 0 Å². The Balaban J connectivity index is 2.15. The van der Waals surface area contributed by atoms with E-state index in [4.69, 9.17) is 5.73 Å². The zero-order valence-corrected chi connectivity index (χ0v) is 11.0. The SMILES string of the molecule is CN1CCCC(Cc2cc(C(F)(F)F)ccc2N)C1. The summed E-state index contributed by atoms with van der Waals surface area (Å²) in [5.74, 6) is 0.393. The lowest BCUT2D eigenvalue weighted by Gasteiger charge is -2.30. The van der Waals surface area contributed by atoms with Crippen LogP contribution in [-0.2, 0) is 12.6 Å². The van der Waals surface area contributed by atoms with E-state index in [-0.39, 0.29) is 0 Å². The molecule has 1 aliphatic rings. The van der Waals surface area contributed by atoms with Gasteiger partial charge in [0.25, 0.3) is 0 Å². The van der Waals surface area contributed by atoms with Gasteiger partial charge in [-0.1, -0.05) is 0 Å². The number of halogens is 3. The van der Waals surface area contributed by atoms with Gasteiger partial charge in [0.15, 0.2) is 0 Å². The average Bonchev–Trinajstić information content (AvgIpc) is 2.30. The van der Waals surface area contributed by atoms with Gasteiger partial charge in [-0.2, -0.15) is 13.2 Å². The van der Waals surface area contributed by atoms with Gasteiger partial charge in [0.1, 0.15) is 0 Å². The van der Waals surface area contributed by atoms with Crippen molar-refractivity contribution in [3.8, 4) is 0 Å². The molecular formula is C14H19F3N2. The number of benzene rings is 1. The molecule has 1 heterocycles. The minimum absolute atomic E-state index is 0.393. The molecule has 0 aliphatic carbocycles. The van der Waals surface area contributed by atoms with Crippen molar-refractivity contribution in [2.24, 2.45) is 5.92 Å². The van der Waals surface area contributed by atoms with Crippen LogP contribution in [0.25, 0.3) is 0 Å². The second-order valence-corrected chi connectivity index (χ2v) is 5.39. The van der Waals surface area contributed by atoms with E-state index >= 15 is 0 Å². The largest absolute Gasteiger partial charge is 0.416 e. The molecule has 0 aromatic heterocycles. The molecule has 2 nitrogen and oxygen atoms in total. The van der Waals surface area contributed by atoms with E-state index in [0.29, 0.717) is 23.6 Å². The lowest BCUT2D eigenvalue weighted by molar-refractivity contribution is -0.137. The Labute approximate surface area is 111 Å². The van der Waals surface area contributed by atoms with Crippen molar-refractivity contribution in [1.82, 2.24) is 4.90 Å². The fourth-order valence-electron chi connectivity index (χ4n) is 2.71. The number of nitrogen functional groups attached to an aromatic ring is 1. The van der Waals surface area contributed by atoms with Crippen LogP contribution in [0.3, 0.4) is 0 Å². The summed E-state index contributed by atoms with van der Waals surface area (Å²) in [5.41, 5.74) is 6.27. The van der Waals surface area contributed by atoms with Gasteiger partial charge in [0.05, 0.1) is 5.56 Å². The van der Waals surface area contributed by atoms with Gasteiger partial charge in [0.2, 0.25) is 0 Å². The van der Waals surface area contributed by atoms with Crippen LogP contribution in [0, 0.1) is 5.92 Å². The van der Waals surface area contributed by atoms with Gasteiger partial charge >= 0.3 is 6.18 Å². The topological polar surface area (TPSA) is 29.3 Å². The first-order valence-corrected chi connectivity index (χ1v) is 6.50. The van der Waals surface area contributed by atoms with Gasteiger partial charge in [-0.15, -0.1) is 0 Å². The summed E-state index contributed by atoms with van der Waals surface area (Å²) < 4.78 is 38.1. The van der Waals surface area contributed by atoms with Gasteiger partial charge in [0, 0.05) is 12.2 Å². The molecular weight excluding hydrogens is 253 g/mol. The Kier molecular flexibility index (Phi) is 4.04. The maximum Gasteiger partial charge on any atom is 0.416 e. The first-order chi connectivity index (χ1) is 8.86. The zero-order chi connectivity index (χ0) is 14.0. The summed E-state index contributed by atoms with van der Waals surface area (Å²) in [6.07, 6.45) is -1.52. The molecule has 2 N–H and O–H groups in total. The molecule has 0 bridgehead atoms. The quantitative estimate of drug-likeness (QED) is 0.838. The molecule has 1 aromatic rings. The van der Waals surface area contributed by atoms with Crippen molar-refractivity contribution < 1.29 is 13.2 Å². The molecule has 2 rings (SSSR count). The Bertz CT molecular complexity index is 443.